The molecule has 2 unspecified atom stereocenters. The minimum absolute atomic E-state index is 0.296. The molecule has 0 aromatic heterocycles. The number of aliphatic hydroxyl groups excluding tert-OH is 1. The first-order valence-electron chi connectivity index (χ1n) is 6.46. The van der Waals surface area contributed by atoms with Crippen LogP contribution in [0, 0.1) is 12.7 Å². The van der Waals surface area contributed by atoms with E-state index in [-0.39, 0.29) is 17.8 Å². The molecule has 1 aromatic carbocycles. The van der Waals surface area contributed by atoms with E-state index in [0.717, 1.165) is 19.4 Å². The highest BCUT2D eigenvalue weighted by Crippen LogP contribution is 2.24. The summed E-state index contributed by atoms with van der Waals surface area (Å²) in [5.41, 5.74) is 6.74. The molecule has 0 saturated carbocycles. The van der Waals surface area contributed by atoms with Gasteiger partial charge in [0.05, 0.1) is 12.1 Å². The molecule has 5 heteroatoms. The molecule has 19 heavy (non-hydrogen) atoms. The standard InChI is InChI=1S/C14H19FN2O2/c1-9-7-10(15)4-5-11(9)13(18)8-17-6-2-3-12(17)14(16)19/h4-5,7,12-13,18H,2-3,6,8H2,1H3,(H2,16,19). The van der Waals surface area contributed by atoms with Crippen LogP contribution in [0.25, 0.3) is 0 Å². The molecular weight excluding hydrogens is 247 g/mol. The van der Waals surface area contributed by atoms with Crippen molar-refractivity contribution in [3.8, 4) is 0 Å². The predicted molar refractivity (Wildman–Crippen MR) is 69.9 cm³/mol. The largest absolute Gasteiger partial charge is 0.387 e. The van der Waals surface area contributed by atoms with Crippen molar-refractivity contribution < 1.29 is 14.3 Å². The topological polar surface area (TPSA) is 66.6 Å². The number of carbonyl (C=O) groups is 1. The molecule has 1 aromatic rings. The molecule has 2 rings (SSSR count). The second-order valence-corrected chi connectivity index (χ2v) is 5.07. The minimum atomic E-state index is -0.736. The van der Waals surface area contributed by atoms with Crippen LogP contribution in [-0.2, 0) is 4.79 Å². The molecule has 1 saturated heterocycles. The first-order valence-corrected chi connectivity index (χ1v) is 6.46. The SMILES string of the molecule is Cc1cc(F)ccc1C(O)CN1CCCC1C(N)=O. The highest BCUT2D eigenvalue weighted by atomic mass is 19.1. The molecule has 0 aliphatic carbocycles. The molecule has 104 valence electrons. The maximum atomic E-state index is 13.0. The van der Waals surface area contributed by atoms with E-state index >= 15 is 0 Å². The van der Waals surface area contributed by atoms with Gasteiger partial charge in [-0.2, -0.15) is 0 Å². The van der Waals surface area contributed by atoms with Gasteiger partial charge < -0.3 is 10.8 Å². The lowest BCUT2D eigenvalue weighted by molar-refractivity contribution is -0.122. The van der Waals surface area contributed by atoms with E-state index in [4.69, 9.17) is 5.73 Å². The van der Waals surface area contributed by atoms with Gasteiger partial charge in [-0.05, 0) is 49.6 Å². The average Bonchev–Trinajstić information content (AvgIpc) is 2.76. The number of primary amides is 1. The number of benzene rings is 1. The number of carbonyl (C=O) groups excluding carboxylic acids is 1. The Morgan fingerprint density at radius 3 is 3.00 bits per heavy atom. The number of β-amino-alcohol motifs (C(OH)–C–C–N with tert-alkyl or cyclic N) is 1. The Labute approximate surface area is 112 Å². The quantitative estimate of drug-likeness (QED) is 0.858. The summed E-state index contributed by atoms with van der Waals surface area (Å²) < 4.78 is 13.0. The lowest BCUT2D eigenvalue weighted by Crippen LogP contribution is -2.42. The summed E-state index contributed by atoms with van der Waals surface area (Å²) in [6, 6.07) is 4.02. The molecule has 0 bridgehead atoms. The number of nitrogens with zero attached hydrogens (tertiary/aromatic N) is 1. The summed E-state index contributed by atoms with van der Waals surface area (Å²) in [4.78, 5) is 13.2. The fraction of sp³-hybridized carbons (Fsp3) is 0.500. The Hall–Kier alpha value is -1.46. The summed E-state index contributed by atoms with van der Waals surface area (Å²) in [5, 5.41) is 10.2. The zero-order valence-corrected chi connectivity index (χ0v) is 11.0. The number of aryl methyl sites for hydroxylation is 1. The highest BCUT2D eigenvalue weighted by Gasteiger charge is 2.30. The second kappa shape index (κ2) is 5.67. The van der Waals surface area contributed by atoms with Gasteiger partial charge in [0.25, 0.3) is 0 Å². The van der Waals surface area contributed by atoms with Gasteiger partial charge in [0.2, 0.25) is 5.91 Å². The van der Waals surface area contributed by atoms with Crippen LogP contribution in [0.15, 0.2) is 18.2 Å². The van der Waals surface area contributed by atoms with Crippen molar-refractivity contribution in [1.29, 1.82) is 0 Å². The van der Waals surface area contributed by atoms with E-state index in [2.05, 4.69) is 0 Å². The molecule has 1 amide bonds. The number of aliphatic hydroxyl groups is 1. The molecule has 1 heterocycles. The van der Waals surface area contributed by atoms with Gasteiger partial charge in [-0.3, -0.25) is 9.69 Å². The third kappa shape index (κ3) is 3.11. The lowest BCUT2D eigenvalue weighted by Gasteiger charge is -2.25. The molecule has 2 atom stereocenters. The summed E-state index contributed by atoms with van der Waals surface area (Å²) in [6.45, 7) is 2.86. The van der Waals surface area contributed by atoms with Gasteiger partial charge in [-0.1, -0.05) is 6.07 Å². The van der Waals surface area contributed by atoms with E-state index in [9.17, 15) is 14.3 Å². The Kier molecular flexibility index (Phi) is 4.17. The monoisotopic (exact) mass is 266 g/mol. The van der Waals surface area contributed by atoms with Gasteiger partial charge in [0, 0.05) is 6.54 Å². The van der Waals surface area contributed by atoms with Gasteiger partial charge in [0.15, 0.2) is 0 Å². The molecule has 4 nitrogen and oxygen atoms in total. The van der Waals surface area contributed by atoms with Crippen LogP contribution < -0.4 is 5.73 Å². The third-order valence-electron chi connectivity index (χ3n) is 3.69. The van der Waals surface area contributed by atoms with E-state index < -0.39 is 6.10 Å². The van der Waals surface area contributed by atoms with Gasteiger partial charge in [-0.15, -0.1) is 0 Å². The van der Waals surface area contributed by atoms with Crippen LogP contribution in [0.1, 0.15) is 30.1 Å². The van der Waals surface area contributed by atoms with Crippen LogP contribution in [0.3, 0.4) is 0 Å². The molecular formula is C14H19FN2O2. The maximum absolute atomic E-state index is 13.0. The first-order chi connectivity index (χ1) is 8.99. The van der Waals surface area contributed by atoms with E-state index in [0.29, 0.717) is 17.7 Å². The Balaban J connectivity index is 2.08. The van der Waals surface area contributed by atoms with E-state index in [1.165, 1.54) is 12.1 Å². The van der Waals surface area contributed by atoms with Crippen molar-refractivity contribution in [1.82, 2.24) is 4.90 Å². The number of likely N-dealkylation sites (tertiary alicyclic amines) is 1. The number of halogens is 1. The third-order valence-corrected chi connectivity index (χ3v) is 3.69. The van der Waals surface area contributed by atoms with Crippen molar-refractivity contribution in [2.45, 2.75) is 31.9 Å². The number of hydrogen-bond acceptors (Lipinski definition) is 3. The normalized spacial score (nSPS) is 21.5. The summed E-state index contributed by atoms with van der Waals surface area (Å²) in [7, 11) is 0. The van der Waals surface area contributed by atoms with Crippen molar-refractivity contribution >= 4 is 5.91 Å². The van der Waals surface area contributed by atoms with Gasteiger partial charge >= 0.3 is 0 Å². The smallest absolute Gasteiger partial charge is 0.234 e. The molecule has 1 fully saturated rings. The predicted octanol–water partition coefficient (Wildman–Crippen LogP) is 1.12. The second-order valence-electron chi connectivity index (χ2n) is 5.07. The highest BCUT2D eigenvalue weighted by molar-refractivity contribution is 5.80. The summed E-state index contributed by atoms with van der Waals surface area (Å²) in [6.07, 6.45) is 0.910. The van der Waals surface area contributed by atoms with Crippen LogP contribution >= 0.6 is 0 Å². The van der Waals surface area contributed by atoms with E-state index in [1.807, 2.05) is 4.90 Å². The van der Waals surface area contributed by atoms with Gasteiger partial charge in [0.1, 0.15) is 5.82 Å². The fourth-order valence-corrected chi connectivity index (χ4v) is 2.70. The van der Waals surface area contributed by atoms with Crippen molar-refractivity contribution in [3.63, 3.8) is 0 Å². The zero-order valence-electron chi connectivity index (χ0n) is 11.0. The zero-order chi connectivity index (χ0) is 14.0. The fourth-order valence-electron chi connectivity index (χ4n) is 2.70. The summed E-state index contributed by atoms with van der Waals surface area (Å²) in [5.74, 6) is -0.662. The molecule has 0 spiro atoms. The lowest BCUT2D eigenvalue weighted by atomic mass is 10.0. The van der Waals surface area contributed by atoms with Crippen molar-refractivity contribution in [2.75, 3.05) is 13.1 Å². The Morgan fingerprint density at radius 2 is 2.37 bits per heavy atom. The summed E-state index contributed by atoms with van der Waals surface area (Å²) >= 11 is 0. The Bertz CT molecular complexity index is 479. The molecule has 3 N–H and O–H groups in total. The first kappa shape index (κ1) is 14.0. The Morgan fingerprint density at radius 1 is 1.63 bits per heavy atom. The van der Waals surface area contributed by atoms with Crippen LogP contribution in [0.4, 0.5) is 4.39 Å². The van der Waals surface area contributed by atoms with Crippen molar-refractivity contribution in [3.05, 3.63) is 35.1 Å². The van der Waals surface area contributed by atoms with Crippen LogP contribution in [-0.4, -0.2) is 35.0 Å². The molecule has 1 aliphatic heterocycles. The van der Waals surface area contributed by atoms with Crippen LogP contribution in [0.2, 0.25) is 0 Å². The number of rotatable bonds is 4. The average molecular weight is 266 g/mol. The van der Waals surface area contributed by atoms with Crippen LogP contribution in [0.5, 0.6) is 0 Å². The van der Waals surface area contributed by atoms with E-state index in [1.54, 1.807) is 13.0 Å². The van der Waals surface area contributed by atoms with Crippen molar-refractivity contribution in [2.24, 2.45) is 5.73 Å². The van der Waals surface area contributed by atoms with Gasteiger partial charge in [-0.25, -0.2) is 4.39 Å². The number of hydrogen-bond donors (Lipinski definition) is 2. The molecule has 0 radical (unpaired) electrons. The minimum Gasteiger partial charge on any atom is -0.387 e. The number of amides is 1. The molecule has 1 aliphatic rings. The maximum Gasteiger partial charge on any atom is 0.234 e. The number of nitrogens with two attached hydrogens (primary N) is 1.